The molecular formula is C15H23N3OS. The molecule has 110 valence electrons. The molecule has 3 rings (SSSR count). The van der Waals surface area contributed by atoms with Crippen LogP contribution in [0.25, 0.3) is 0 Å². The molecule has 0 bridgehead atoms. The Labute approximate surface area is 124 Å². The number of amides is 1. The van der Waals surface area contributed by atoms with Gasteiger partial charge in [-0.2, -0.15) is 0 Å². The van der Waals surface area contributed by atoms with Gasteiger partial charge in [-0.25, -0.2) is 4.98 Å². The Bertz CT molecular complexity index is 459. The first-order valence-corrected chi connectivity index (χ1v) is 8.52. The first-order chi connectivity index (χ1) is 9.72. The smallest absolute Gasteiger partial charge is 0.219 e. The Morgan fingerprint density at radius 1 is 1.30 bits per heavy atom. The molecule has 4 nitrogen and oxygen atoms in total. The minimum atomic E-state index is 0.196. The summed E-state index contributed by atoms with van der Waals surface area (Å²) in [5.74, 6) is 0.921. The van der Waals surface area contributed by atoms with Gasteiger partial charge < -0.3 is 4.90 Å². The number of nitrogens with zero attached hydrogens (tertiary/aromatic N) is 3. The van der Waals surface area contributed by atoms with Crippen molar-refractivity contribution >= 4 is 17.2 Å². The minimum absolute atomic E-state index is 0.196. The van der Waals surface area contributed by atoms with Crippen LogP contribution in [0.5, 0.6) is 0 Å². The van der Waals surface area contributed by atoms with Crippen molar-refractivity contribution in [3.63, 3.8) is 0 Å². The van der Waals surface area contributed by atoms with Crippen LogP contribution in [0.3, 0.4) is 0 Å². The predicted octanol–water partition coefficient (Wildman–Crippen LogP) is 2.46. The lowest BCUT2D eigenvalue weighted by atomic mass is 10.1. The summed E-state index contributed by atoms with van der Waals surface area (Å²) in [6.07, 6.45) is 5.38. The molecule has 20 heavy (non-hydrogen) atoms. The van der Waals surface area contributed by atoms with Crippen LogP contribution in [0.1, 0.15) is 49.2 Å². The van der Waals surface area contributed by atoms with Crippen molar-refractivity contribution in [1.29, 1.82) is 0 Å². The molecule has 2 fully saturated rings. The summed E-state index contributed by atoms with van der Waals surface area (Å²) in [5, 5.41) is 3.57. The fraction of sp³-hybridized carbons (Fsp3) is 0.733. The van der Waals surface area contributed by atoms with Gasteiger partial charge in [-0.05, 0) is 12.8 Å². The van der Waals surface area contributed by atoms with Crippen LogP contribution in [0.2, 0.25) is 0 Å². The third-order valence-electron chi connectivity index (χ3n) is 4.48. The Hall–Kier alpha value is -0.940. The standard InChI is InChI=1S/C15H23N3OS/c1-12(19)18-8-6-17(7-9-18)10-14-11-20-15(16-14)13-4-2-3-5-13/h11,13H,2-10H2,1H3. The highest BCUT2D eigenvalue weighted by Crippen LogP contribution is 2.35. The van der Waals surface area contributed by atoms with E-state index < -0.39 is 0 Å². The zero-order valence-corrected chi connectivity index (χ0v) is 13.0. The fourth-order valence-electron chi connectivity index (χ4n) is 3.21. The molecular weight excluding hydrogens is 270 g/mol. The first-order valence-electron chi connectivity index (χ1n) is 7.64. The summed E-state index contributed by atoms with van der Waals surface area (Å²) < 4.78 is 0. The van der Waals surface area contributed by atoms with Gasteiger partial charge in [0.05, 0.1) is 10.7 Å². The summed E-state index contributed by atoms with van der Waals surface area (Å²) in [4.78, 5) is 20.5. The van der Waals surface area contributed by atoms with Crippen LogP contribution in [-0.4, -0.2) is 46.9 Å². The molecule has 1 aromatic heterocycles. The van der Waals surface area contributed by atoms with Crippen molar-refractivity contribution in [3.05, 3.63) is 16.1 Å². The molecule has 0 N–H and O–H groups in total. The average Bonchev–Trinajstić information content (AvgIpc) is 3.09. The summed E-state index contributed by atoms with van der Waals surface area (Å²) in [5.41, 5.74) is 1.22. The molecule has 1 saturated heterocycles. The molecule has 0 atom stereocenters. The van der Waals surface area contributed by atoms with Gasteiger partial charge in [-0.15, -0.1) is 11.3 Å². The molecule has 0 unspecified atom stereocenters. The Morgan fingerprint density at radius 2 is 2.00 bits per heavy atom. The number of carbonyl (C=O) groups excluding carboxylic acids is 1. The summed E-state index contributed by atoms with van der Waals surface area (Å²) in [7, 11) is 0. The maximum absolute atomic E-state index is 11.3. The molecule has 2 heterocycles. The fourth-order valence-corrected chi connectivity index (χ4v) is 4.19. The van der Waals surface area contributed by atoms with Gasteiger partial charge in [0, 0.05) is 50.9 Å². The number of hydrogen-bond donors (Lipinski definition) is 0. The topological polar surface area (TPSA) is 36.4 Å². The lowest BCUT2D eigenvalue weighted by Gasteiger charge is -2.33. The largest absolute Gasteiger partial charge is 0.340 e. The van der Waals surface area contributed by atoms with Crippen LogP contribution < -0.4 is 0 Å². The summed E-state index contributed by atoms with van der Waals surface area (Å²) in [6, 6.07) is 0. The lowest BCUT2D eigenvalue weighted by Crippen LogP contribution is -2.47. The minimum Gasteiger partial charge on any atom is -0.340 e. The van der Waals surface area contributed by atoms with Crippen molar-refractivity contribution in [3.8, 4) is 0 Å². The van der Waals surface area contributed by atoms with Gasteiger partial charge >= 0.3 is 0 Å². The number of aromatic nitrogens is 1. The van der Waals surface area contributed by atoms with E-state index in [0.717, 1.165) is 38.6 Å². The zero-order valence-electron chi connectivity index (χ0n) is 12.2. The SMILES string of the molecule is CC(=O)N1CCN(Cc2csc(C3CCCC3)n2)CC1. The van der Waals surface area contributed by atoms with E-state index in [2.05, 4.69) is 10.3 Å². The maximum Gasteiger partial charge on any atom is 0.219 e. The van der Waals surface area contributed by atoms with E-state index in [0.29, 0.717) is 0 Å². The molecule has 0 spiro atoms. The molecule has 1 aliphatic heterocycles. The second kappa shape index (κ2) is 6.22. The van der Waals surface area contributed by atoms with E-state index >= 15 is 0 Å². The normalized spacial score (nSPS) is 21.6. The number of piperazine rings is 1. The molecule has 1 saturated carbocycles. The van der Waals surface area contributed by atoms with Crippen molar-refractivity contribution in [2.75, 3.05) is 26.2 Å². The zero-order chi connectivity index (χ0) is 13.9. The van der Waals surface area contributed by atoms with Crippen molar-refractivity contribution in [1.82, 2.24) is 14.8 Å². The van der Waals surface area contributed by atoms with Crippen LogP contribution in [0.4, 0.5) is 0 Å². The van der Waals surface area contributed by atoms with Gasteiger partial charge in [0.2, 0.25) is 5.91 Å². The lowest BCUT2D eigenvalue weighted by molar-refractivity contribution is -0.130. The molecule has 1 aromatic rings. The van der Waals surface area contributed by atoms with E-state index in [-0.39, 0.29) is 5.91 Å². The Morgan fingerprint density at radius 3 is 2.65 bits per heavy atom. The average molecular weight is 293 g/mol. The van der Waals surface area contributed by atoms with Gasteiger partial charge in [-0.1, -0.05) is 12.8 Å². The van der Waals surface area contributed by atoms with E-state index in [1.54, 1.807) is 6.92 Å². The molecule has 0 radical (unpaired) electrons. The monoisotopic (exact) mass is 293 g/mol. The highest BCUT2D eigenvalue weighted by molar-refractivity contribution is 7.09. The quantitative estimate of drug-likeness (QED) is 0.859. The molecule has 5 heteroatoms. The number of thiazole rings is 1. The second-order valence-electron chi connectivity index (χ2n) is 5.94. The van der Waals surface area contributed by atoms with Crippen LogP contribution in [0, 0.1) is 0 Å². The van der Waals surface area contributed by atoms with Gasteiger partial charge in [-0.3, -0.25) is 9.69 Å². The summed E-state index contributed by atoms with van der Waals surface area (Å²) >= 11 is 1.84. The van der Waals surface area contributed by atoms with Crippen LogP contribution in [-0.2, 0) is 11.3 Å². The van der Waals surface area contributed by atoms with Gasteiger partial charge in [0.1, 0.15) is 0 Å². The van der Waals surface area contributed by atoms with Gasteiger partial charge in [0.25, 0.3) is 0 Å². The number of hydrogen-bond acceptors (Lipinski definition) is 4. The highest BCUT2D eigenvalue weighted by Gasteiger charge is 2.22. The van der Waals surface area contributed by atoms with Crippen molar-refractivity contribution in [2.45, 2.75) is 45.1 Å². The highest BCUT2D eigenvalue weighted by atomic mass is 32.1. The van der Waals surface area contributed by atoms with Crippen LogP contribution in [0.15, 0.2) is 5.38 Å². The van der Waals surface area contributed by atoms with Crippen molar-refractivity contribution < 1.29 is 4.79 Å². The van der Waals surface area contributed by atoms with E-state index in [1.807, 2.05) is 16.2 Å². The predicted molar refractivity (Wildman–Crippen MR) is 80.9 cm³/mol. The molecule has 1 aliphatic carbocycles. The van der Waals surface area contributed by atoms with Crippen molar-refractivity contribution in [2.24, 2.45) is 0 Å². The molecule has 1 amide bonds. The van der Waals surface area contributed by atoms with E-state index in [1.165, 1.54) is 36.4 Å². The van der Waals surface area contributed by atoms with Gasteiger partial charge in [0.15, 0.2) is 0 Å². The first kappa shape index (κ1) is 14.0. The summed E-state index contributed by atoms with van der Waals surface area (Å²) in [6.45, 7) is 6.24. The molecule has 2 aliphatic rings. The van der Waals surface area contributed by atoms with E-state index in [4.69, 9.17) is 4.98 Å². The Balaban J connectivity index is 1.52. The number of carbonyl (C=O) groups is 1. The second-order valence-corrected chi connectivity index (χ2v) is 6.83. The number of rotatable bonds is 3. The van der Waals surface area contributed by atoms with Crippen LogP contribution >= 0.6 is 11.3 Å². The molecule has 0 aromatic carbocycles. The van der Waals surface area contributed by atoms with E-state index in [9.17, 15) is 4.79 Å². The maximum atomic E-state index is 11.3. The third kappa shape index (κ3) is 3.20. The third-order valence-corrected chi connectivity index (χ3v) is 5.53. The Kier molecular flexibility index (Phi) is 4.36.